The van der Waals surface area contributed by atoms with Crippen molar-refractivity contribution in [3.05, 3.63) is 21.4 Å². The van der Waals surface area contributed by atoms with E-state index in [0.717, 1.165) is 63.2 Å². The van der Waals surface area contributed by atoms with Crippen molar-refractivity contribution in [3.63, 3.8) is 0 Å². The molecule has 25 heavy (non-hydrogen) atoms. The van der Waals surface area contributed by atoms with Crippen LogP contribution in [0, 0.1) is 0 Å². The lowest BCUT2D eigenvalue weighted by atomic mass is 9.82. The summed E-state index contributed by atoms with van der Waals surface area (Å²) in [6.45, 7) is 3.95. The predicted octanol–water partition coefficient (Wildman–Crippen LogP) is 1.93. The largest absolute Gasteiger partial charge is 0.480 e. The van der Waals surface area contributed by atoms with Gasteiger partial charge in [0.2, 0.25) is 0 Å². The number of rotatable bonds is 3. The maximum Gasteiger partial charge on any atom is 0.317 e. The van der Waals surface area contributed by atoms with Crippen LogP contribution < -0.4 is 0 Å². The third-order valence-corrected chi connectivity index (χ3v) is 6.82. The van der Waals surface area contributed by atoms with Crippen LogP contribution in [0.15, 0.2) is 6.07 Å². The number of carboxylic acid groups (broad SMARTS) is 1. The average Bonchev–Trinajstić information content (AvgIpc) is 3.26. The Morgan fingerprint density at radius 1 is 1.20 bits per heavy atom. The molecule has 4 rings (SSSR count). The zero-order valence-electron chi connectivity index (χ0n) is 14.3. The normalized spacial score (nSPS) is 23.0. The van der Waals surface area contributed by atoms with Crippen LogP contribution in [0.1, 0.15) is 45.8 Å². The maximum atomic E-state index is 12.7. The molecule has 0 radical (unpaired) electrons. The van der Waals surface area contributed by atoms with Crippen LogP contribution in [0.4, 0.5) is 0 Å². The van der Waals surface area contributed by atoms with Gasteiger partial charge in [-0.2, -0.15) is 0 Å². The fourth-order valence-corrected chi connectivity index (χ4v) is 5.47. The summed E-state index contributed by atoms with van der Waals surface area (Å²) in [4.78, 5) is 29.7. The van der Waals surface area contributed by atoms with Crippen molar-refractivity contribution in [2.24, 2.45) is 0 Å². The quantitative estimate of drug-likeness (QED) is 0.888. The van der Waals surface area contributed by atoms with E-state index in [-0.39, 0.29) is 18.1 Å². The van der Waals surface area contributed by atoms with E-state index in [4.69, 9.17) is 9.84 Å². The maximum absolute atomic E-state index is 12.7. The minimum Gasteiger partial charge on any atom is -0.480 e. The minimum absolute atomic E-state index is 0.0886. The Balaban J connectivity index is 1.54. The third kappa shape index (κ3) is 3.20. The molecule has 0 aliphatic carbocycles. The Kier molecular flexibility index (Phi) is 4.56. The fraction of sp³-hybridized carbons (Fsp3) is 0.667. The molecule has 4 heterocycles. The number of thiophene rings is 1. The number of likely N-dealkylation sites (tertiary alicyclic amines) is 2. The van der Waals surface area contributed by atoms with E-state index in [1.54, 1.807) is 11.3 Å². The number of ether oxygens (including phenoxy) is 1. The van der Waals surface area contributed by atoms with E-state index in [1.165, 1.54) is 10.4 Å². The summed E-state index contributed by atoms with van der Waals surface area (Å²) in [7, 11) is 0. The number of hydrogen-bond donors (Lipinski definition) is 1. The fourth-order valence-electron chi connectivity index (χ4n) is 4.28. The molecular formula is C18H24N2O4S. The zero-order valence-corrected chi connectivity index (χ0v) is 15.1. The third-order valence-electron chi connectivity index (χ3n) is 5.63. The number of carbonyl (C=O) groups is 2. The van der Waals surface area contributed by atoms with E-state index < -0.39 is 5.97 Å². The molecule has 136 valence electrons. The molecule has 0 aromatic carbocycles. The van der Waals surface area contributed by atoms with E-state index in [0.29, 0.717) is 6.61 Å². The predicted molar refractivity (Wildman–Crippen MR) is 94.1 cm³/mol. The van der Waals surface area contributed by atoms with Gasteiger partial charge in [0.15, 0.2) is 0 Å². The first-order valence-electron chi connectivity index (χ1n) is 9.08. The summed E-state index contributed by atoms with van der Waals surface area (Å²) in [5.41, 5.74) is 0.851. The van der Waals surface area contributed by atoms with E-state index in [9.17, 15) is 9.59 Å². The summed E-state index contributed by atoms with van der Waals surface area (Å²) in [5.74, 6) is -0.620. The number of hydrogen-bond acceptors (Lipinski definition) is 5. The Morgan fingerprint density at radius 3 is 2.60 bits per heavy atom. The number of carboxylic acids is 1. The van der Waals surface area contributed by atoms with Gasteiger partial charge < -0.3 is 14.7 Å². The van der Waals surface area contributed by atoms with Crippen LogP contribution in [0.5, 0.6) is 0 Å². The lowest BCUT2D eigenvalue weighted by Gasteiger charge is -2.43. The van der Waals surface area contributed by atoms with Crippen molar-refractivity contribution in [2.45, 2.75) is 37.7 Å². The highest BCUT2D eigenvalue weighted by atomic mass is 32.1. The van der Waals surface area contributed by atoms with Crippen LogP contribution in [0.25, 0.3) is 0 Å². The highest BCUT2D eigenvalue weighted by molar-refractivity contribution is 7.14. The van der Waals surface area contributed by atoms with Crippen molar-refractivity contribution in [1.82, 2.24) is 9.80 Å². The average molecular weight is 364 g/mol. The molecule has 0 atom stereocenters. The Labute approximate surface area is 151 Å². The van der Waals surface area contributed by atoms with Crippen molar-refractivity contribution < 1.29 is 19.4 Å². The molecule has 1 N–H and O–H groups in total. The molecule has 0 bridgehead atoms. The molecule has 1 spiro atoms. The van der Waals surface area contributed by atoms with Crippen LogP contribution in [0.3, 0.4) is 0 Å². The lowest BCUT2D eigenvalue weighted by Crippen LogP contribution is -2.47. The smallest absolute Gasteiger partial charge is 0.317 e. The number of fused-ring (bicyclic) bond motifs is 2. The van der Waals surface area contributed by atoms with E-state index in [2.05, 4.69) is 6.07 Å². The second kappa shape index (κ2) is 6.70. The first-order valence-corrected chi connectivity index (χ1v) is 9.90. The van der Waals surface area contributed by atoms with Crippen LogP contribution in [-0.4, -0.2) is 66.1 Å². The number of amides is 1. The standard InChI is InChI=1S/C18H24N2O4S/c21-16(22)12-19-8-4-18(5-9-19)13-11-15(25-14(13)3-10-24-18)17(23)20-6-1-2-7-20/h11H,1-10,12H2,(H,21,22). The summed E-state index contributed by atoms with van der Waals surface area (Å²) < 4.78 is 6.21. The van der Waals surface area contributed by atoms with Gasteiger partial charge in [-0.05, 0) is 37.3 Å². The summed E-state index contributed by atoms with van der Waals surface area (Å²) >= 11 is 1.63. The second-order valence-corrected chi connectivity index (χ2v) is 8.35. The minimum atomic E-state index is -0.782. The molecule has 7 heteroatoms. The highest BCUT2D eigenvalue weighted by Crippen LogP contribution is 2.44. The van der Waals surface area contributed by atoms with Gasteiger partial charge in [-0.15, -0.1) is 11.3 Å². The highest BCUT2D eigenvalue weighted by Gasteiger charge is 2.42. The van der Waals surface area contributed by atoms with Crippen molar-refractivity contribution in [2.75, 3.05) is 39.3 Å². The monoisotopic (exact) mass is 364 g/mol. The van der Waals surface area contributed by atoms with E-state index in [1.807, 2.05) is 9.80 Å². The zero-order chi connectivity index (χ0) is 17.4. The van der Waals surface area contributed by atoms with Gasteiger partial charge in [0.05, 0.1) is 23.6 Å². The van der Waals surface area contributed by atoms with Gasteiger partial charge in [-0.25, -0.2) is 0 Å². The Hall–Kier alpha value is -1.44. The molecule has 2 saturated heterocycles. The van der Waals surface area contributed by atoms with Gasteiger partial charge in [0.25, 0.3) is 5.91 Å². The SMILES string of the molecule is O=C(O)CN1CCC2(CC1)OCCc1sc(C(=O)N3CCCC3)cc12. The van der Waals surface area contributed by atoms with Crippen molar-refractivity contribution in [1.29, 1.82) is 0 Å². The molecule has 2 fully saturated rings. The second-order valence-electron chi connectivity index (χ2n) is 7.21. The molecular weight excluding hydrogens is 340 g/mol. The number of nitrogens with zero attached hydrogens (tertiary/aromatic N) is 2. The van der Waals surface area contributed by atoms with Crippen molar-refractivity contribution in [3.8, 4) is 0 Å². The first kappa shape index (κ1) is 17.0. The summed E-state index contributed by atoms with van der Waals surface area (Å²) in [5, 5.41) is 8.98. The molecule has 1 amide bonds. The van der Waals surface area contributed by atoms with Gasteiger partial charge in [-0.3, -0.25) is 14.5 Å². The van der Waals surface area contributed by atoms with Crippen LogP contribution in [0.2, 0.25) is 0 Å². The molecule has 0 saturated carbocycles. The molecule has 1 aromatic heterocycles. The topological polar surface area (TPSA) is 70.1 Å². The molecule has 0 unspecified atom stereocenters. The van der Waals surface area contributed by atoms with Crippen LogP contribution in [-0.2, 0) is 21.6 Å². The van der Waals surface area contributed by atoms with Crippen LogP contribution >= 0.6 is 11.3 Å². The molecule has 3 aliphatic heterocycles. The Bertz CT molecular complexity index is 673. The lowest BCUT2D eigenvalue weighted by molar-refractivity contribution is -0.141. The number of carbonyl (C=O) groups excluding carboxylic acids is 1. The van der Waals surface area contributed by atoms with Gasteiger partial charge in [0.1, 0.15) is 0 Å². The molecule has 6 nitrogen and oxygen atoms in total. The van der Waals surface area contributed by atoms with E-state index >= 15 is 0 Å². The first-order chi connectivity index (χ1) is 12.1. The van der Waals surface area contributed by atoms with Gasteiger partial charge in [0, 0.05) is 37.5 Å². The molecule has 1 aromatic rings. The number of aliphatic carboxylic acids is 1. The van der Waals surface area contributed by atoms with Crippen molar-refractivity contribution >= 4 is 23.2 Å². The number of piperidine rings is 1. The summed E-state index contributed by atoms with van der Waals surface area (Å²) in [6, 6.07) is 2.06. The van der Waals surface area contributed by atoms with Gasteiger partial charge >= 0.3 is 5.97 Å². The Morgan fingerprint density at radius 2 is 1.92 bits per heavy atom. The van der Waals surface area contributed by atoms with Gasteiger partial charge in [-0.1, -0.05) is 0 Å². The summed E-state index contributed by atoms with van der Waals surface area (Å²) in [6.07, 6.45) is 4.66. The molecule has 3 aliphatic rings.